The smallest absolute Gasteiger partial charge is 0.322 e. The molecule has 2 atom stereocenters. The number of urea groups is 1. The maximum Gasteiger partial charge on any atom is 0.322 e. The Balaban J connectivity index is 1.72. The topological polar surface area (TPSA) is 130 Å². The summed E-state index contributed by atoms with van der Waals surface area (Å²) >= 11 is 0. The van der Waals surface area contributed by atoms with Crippen molar-refractivity contribution in [3.8, 4) is 0 Å². The summed E-state index contributed by atoms with van der Waals surface area (Å²) in [6.45, 7) is 0.143. The van der Waals surface area contributed by atoms with Crippen molar-refractivity contribution in [1.29, 1.82) is 0 Å². The van der Waals surface area contributed by atoms with E-state index in [2.05, 4.69) is 5.32 Å². The molecule has 0 spiro atoms. The Labute approximate surface area is 160 Å². The number of carbonyl (C=O) groups is 2. The van der Waals surface area contributed by atoms with Crippen LogP contribution in [0.4, 0.5) is 10.5 Å². The van der Waals surface area contributed by atoms with Crippen LogP contribution >= 0.6 is 0 Å². The van der Waals surface area contributed by atoms with Crippen LogP contribution in [0.25, 0.3) is 0 Å². The van der Waals surface area contributed by atoms with Crippen LogP contribution in [-0.2, 0) is 14.6 Å². The summed E-state index contributed by atoms with van der Waals surface area (Å²) in [4.78, 5) is 38.9. The van der Waals surface area contributed by atoms with Gasteiger partial charge < -0.3 is 10.2 Å². The van der Waals surface area contributed by atoms with Gasteiger partial charge in [-0.2, -0.15) is 0 Å². The third-order valence-electron chi connectivity index (χ3n) is 5.45. The third-order valence-corrected chi connectivity index (χ3v) is 7.20. The van der Waals surface area contributed by atoms with Gasteiger partial charge in [-0.15, -0.1) is 0 Å². The highest BCUT2D eigenvalue weighted by Gasteiger charge is 2.46. The largest absolute Gasteiger partial charge is 0.329 e. The number of nitro benzene ring substituents is 1. The lowest BCUT2D eigenvalue weighted by atomic mass is 9.95. The number of hydrogen-bond acceptors (Lipinski definition) is 6. The summed E-state index contributed by atoms with van der Waals surface area (Å²) in [5, 5.41) is 13.8. The first-order valence-electron chi connectivity index (χ1n) is 8.71. The fraction of sp³-hybridized carbons (Fsp3) is 0.412. The van der Waals surface area contributed by atoms with Crippen molar-refractivity contribution in [3.63, 3.8) is 0 Å². The Morgan fingerprint density at radius 1 is 1.29 bits per heavy atom. The van der Waals surface area contributed by atoms with E-state index < -0.39 is 32.9 Å². The van der Waals surface area contributed by atoms with Crippen molar-refractivity contribution in [2.45, 2.75) is 18.5 Å². The van der Waals surface area contributed by atoms with Crippen molar-refractivity contribution in [2.75, 3.05) is 25.1 Å². The van der Waals surface area contributed by atoms with E-state index in [-0.39, 0.29) is 29.6 Å². The summed E-state index contributed by atoms with van der Waals surface area (Å²) in [6.07, 6.45) is 0.362. The normalized spacial score (nSPS) is 26.5. The molecule has 1 aromatic rings. The molecule has 4 rings (SSSR count). The zero-order chi connectivity index (χ0) is 20.2. The number of amides is 3. The fourth-order valence-electron chi connectivity index (χ4n) is 3.97. The van der Waals surface area contributed by atoms with E-state index in [0.29, 0.717) is 23.3 Å². The number of nitrogens with one attached hydrogen (secondary N) is 1. The number of benzene rings is 1. The molecule has 0 unspecified atom stereocenters. The molecule has 28 heavy (non-hydrogen) atoms. The maximum absolute atomic E-state index is 13.2. The van der Waals surface area contributed by atoms with Gasteiger partial charge >= 0.3 is 6.03 Å². The van der Waals surface area contributed by atoms with Gasteiger partial charge in [0.25, 0.3) is 11.6 Å². The summed E-state index contributed by atoms with van der Waals surface area (Å²) < 4.78 is 23.7. The van der Waals surface area contributed by atoms with Crippen molar-refractivity contribution >= 4 is 27.5 Å². The Kier molecular flexibility index (Phi) is 4.14. The van der Waals surface area contributed by atoms with E-state index >= 15 is 0 Å². The molecule has 1 N–H and O–H groups in total. The van der Waals surface area contributed by atoms with Crippen molar-refractivity contribution in [2.24, 2.45) is 0 Å². The van der Waals surface area contributed by atoms with E-state index in [4.69, 9.17) is 0 Å². The highest BCUT2D eigenvalue weighted by atomic mass is 32.2. The summed E-state index contributed by atoms with van der Waals surface area (Å²) in [5.74, 6) is -0.403. The first-order chi connectivity index (χ1) is 13.2. The van der Waals surface area contributed by atoms with E-state index in [1.807, 2.05) is 0 Å². The zero-order valence-corrected chi connectivity index (χ0v) is 15.8. The molecule has 3 amide bonds. The molecule has 1 fully saturated rings. The van der Waals surface area contributed by atoms with E-state index in [0.717, 1.165) is 0 Å². The molecular weight excluding hydrogens is 388 g/mol. The van der Waals surface area contributed by atoms with Gasteiger partial charge in [0.2, 0.25) is 0 Å². The van der Waals surface area contributed by atoms with Crippen LogP contribution in [0.15, 0.2) is 35.5 Å². The predicted octanol–water partition coefficient (Wildman–Crippen LogP) is 0.574. The van der Waals surface area contributed by atoms with Crippen LogP contribution in [-0.4, -0.2) is 66.2 Å². The number of likely N-dealkylation sites (N-methyl/N-ethyl adjacent to an activating group) is 1. The van der Waals surface area contributed by atoms with Crippen LogP contribution in [0.2, 0.25) is 0 Å². The fourth-order valence-corrected chi connectivity index (χ4v) is 5.70. The summed E-state index contributed by atoms with van der Waals surface area (Å²) in [5.41, 5.74) is 1.11. The van der Waals surface area contributed by atoms with Gasteiger partial charge in [-0.05, 0) is 12.0 Å². The Morgan fingerprint density at radius 2 is 2.04 bits per heavy atom. The van der Waals surface area contributed by atoms with Gasteiger partial charge in [0.1, 0.15) is 0 Å². The summed E-state index contributed by atoms with van der Waals surface area (Å²) in [7, 11) is -1.64. The van der Waals surface area contributed by atoms with Gasteiger partial charge in [0.15, 0.2) is 9.84 Å². The van der Waals surface area contributed by atoms with E-state index in [1.54, 1.807) is 6.07 Å². The molecule has 3 heterocycles. The molecule has 3 aliphatic heterocycles. The number of rotatable bonds is 3. The molecule has 3 aliphatic rings. The number of carbonyl (C=O) groups excluding carboxylic acids is 2. The molecule has 10 nitrogen and oxygen atoms in total. The van der Waals surface area contributed by atoms with Crippen LogP contribution in [0, 0.1) is 10.1 Å². The number of nitro groups is 1. The lowest BCUT2D eigenvalue weighted by molar-refractivity contribution is -0.384. The van der Waals surface area contributed by atoms with Crippen LogP contribution in [0.1, 0.15) is 18.0 Å². The second-order valence-electron chi connectivity index (χ2n) is 7.14. The van der Waals surface area contributed by atoms with Gasteiger partial charge in [0.05, 0.1) is 40.3 Å². The second-order valence-corrected chi connectivity index (χ2v) is 9.37. The molecule has 148 valence electrons. The van der Waals surface area contributed by atoms with Gasteiger partial charge in [0, 0.05) is 25.2 Å². The average molecular weight is 406 g/mol. The molecule has 0 radical (unpaired) electrons. The van der Waals surface area contributed by atoms with Crippen LogP contribution in [0.3, 0.4) is 0 Å². The number of non-ortho nitro benzene ring substituents is 1. The zero-order valence-electron chi connectivity index (χ0n) is 15.0. The predicted molar refractivity (Wildman–Crippen MR) is 97.9 cm³/mol. The molecule has 1 aromatic carbocycles. The van der Waals surface area contributed by atoms with Crippen molar-refractivity contribution in [3.05, 3.63) is 51.2 Å². The Morgan fingerprint density at radius 3 is 2.68 bits per heavy atom. The monoisotopic (exact) mass is 406 g/mol. The molecule has 0 aromatic heterocycles. The summed E-state index contributed by atoms with van der Waals surface area (Å²) in [6, 6.07) is 4.09. The molecule has 0 aliphatic carbocycles. The van der Waals surface area contributed by atoms with Crippen molar-refractivity contribution in [1.82, 2.24) is 15.1 Å². The average Bonchev–Trinajstić information content (AvgIpc) is 3.18. The lowest BCUT2D eigenvalue weighted by Gasteiger charge is -2.31. The Hall–Kier alpha value is -2.95. The highest BCUT2D eigenvalue weighted by Crippen LogP contribution is 2.38. The van der Waals surface area contributed by atoms with Gasteiger partial charge in [-0.1, -0.05) is 12.1 Å². The molecule has 0 saturated carbocycles. The molecule has 1 saturated heterocycles. The highest BCUT2D eigenvalue weighted by molar-refractivity contribution is 7.91. The second kappa shape index (κ2) is 6.30. The minimum Gasteiger partial charge on any atom is -0.329 e. The van der Waals surface area contributed by atoms with Crippen LogP contribution in [0.5, 0.6) is 0 Å². The number of nitrogens with zero attached hydrogens (tertiary/aromatic N) is 3. The minimum atomic E-state index is -3.18. The van der Waals surface area contributed by atoms with Crippen LogP contribution < -0.4 is 5.32 Å². The molecule has 11 heteroatoms. The standard InChI is InChI=1S/C17H18N4O6S/c1-19-13-8-20(12-5-6-28(26,27)9-12)16(22)14(13)15(18-17(19)23)10-3-2-4-11(7-10)21(24)25/h2-4,7,12,15H,5-6,8-9H2,1H3,(H,18,23)/t12-,15-/m0/s1. The molecule has 0 bridgehead atoms. The first-order valence-corrected chi connectivity index (χ1v) is 10.5. The quantitative estimate of drug-likeness (QED) is 0.577. The van der Waals surface area contributed by atoms with E-state index in [1.165, 1.54) is 35.0 Å². The third kappa shape index (κ3) is 2.91. The van der Waals surface area contributed by atoms with Gasteiger partial charge in [-0.3, -0.25) is 19.8 Å². The van der Waals surface area contributed by atoms with Crippen molar-refractivity contribution < 1.29 is 22.9 Å². The van der Waals surface area contributed by atoms with Gasteiger partial charge in [-0.25, -0.2) is 13.2 Å². The lowest BCUT2D eigenvalue weighted by Crippen LogP contribution is -2.45. The Bertz CT molecular complexity index is 1030. The maximum atomic E-state index is 13.2. The SMILES string of the molecule is CN1C(=O)N[C@@H](c2cccc([N+](=O)[O-])c2)C2=C1CN([C@H]1CCS(=O)(=O)C1)C2=O. The molecular formula is C17H18N4O6S. The minimum absolute atomic E-state index is 0.0352. The van der Waals surface area contributed by atoms with E-state index in [9.17, 15) is 28.1 Å². The number of sulfone groups is 1. The first kappa shape index (κ1) is 18.4. The number of hydrogen-bond donors (Lipinski definition) is 1.